The van der Waals surface area contributed by atoms with E-state index in [0.717, 1.165) is 12.4 Å². The fraction of sp³-hybridized carbons (Fsp3) is 0.167. The molecule has 1 N–H and O–H groups in total. The molecule has 0 bridgehead atoms. The van der Waals surface area contributed by atoms with Crippen LogP contribution < -0.4 is 0 Å². The Balaban J connectivity index is 2.34. The highest BCUT2D eigenvalue weighted by atomic mass is 35.5. The SMILES string of the molecule is FC(F)(F)c1nc(C(F)(F)F)c2nc(-c3c(Cl)cncc3Cl)[nH]c2n1. The predicted molar refractivity (Wildman–Crippen MR) is 74.9 cm³/mol. The highest BCUT2D eigenvalue weighted by Crippen LogP contribution is 2.38. The Morgan fingerprint density at radius 3 is 1.96 bits per heavy atom. The summed E-state index contributed by atoms with van der Waals surface area (Å²) < 4.78 is 77.5. The summed E-state index contributed by atoms with van der Waals surface area (Å²) in [6, 6.07) is 0. The number of rotatable bonds is 1. The second kappa shape index (κ2) is 5.70. The topological polar surface area (TPSA) is 67.3 Å². The lowest BCUT2D eigenvalue weighted by Crippen LogP contribution is -2.17. The maximum atomic E-state index is 13.1. The minimum atomic E-state index is -5.18. The Kier molecular flexibility index (Phi) is 4.03. The van der Waals surface area contributed by atoms with E-state index in [2.05, 4.69) is 24.9 Å². The molecule has 0 radical (unpaired) electrons. The van der Waals surface area contributed by atoms with Crippen molar-refractivity contribution in [3.8, 4) is 11.4 Å². The summed E-state index contributed by atoms with van der Waals surface area (Å²) >= 11 is 11.8. The van der Waals surface area contributed by atoms with E-state index in [-0.39, 0.29) is 21.4 Å². The summed E-state index contributed by atoms with van der Waals surface area (Å²) in [5.74, 6) is -2.25. The second-order valence-corrected chi connectivity index (χ2v) is 5.47. The van der Waals surface area contributed by atoms with Gasteiger partial charge in [-0.2, -0.15) is 26.3 Å². The first-order chi connectivity index (χ1) is 11.5. The molecule has 3 heterocycles. The normalized spacial score (nSPS) is 12.8. The van der Waals surface area contributed by atoms with Gasteiger partial charge in [0.1, 0.15) is 11.3 Å². The van der Waals surface area contributed by atoms with Crippen LogP contribution in [0.15, 0.2) is 12.4 Å². The minimum Gasteiger partial charge on any atom is -0.322 e. The molecule has 132 valence electrons. The molecule has 0 spiro atoms. The molecule has 0 saturated carbocycles. The number of nitrogens with one attached hydrogen (secondary N) is 1. The van der Waals surface area contributed by atoms with E-state index < -0.39 is 35.0 Å². The predicted octanol–water partition coefficient (Wildman–Crippen LogP) is 4.76. The molecule has 3 aromatic rings. The zero-order chi connectivity index (χ0) is 18.6. The van der Waals surface area contributed by atoms with Crippen LogP contribution in [0.4, 0.5) is 26.3 Å². The summed E-state index contributed by atoms with van der Waals surface area (Å²) in [7, 11) is 0. The van der Waals surface area contributed by atoms with Crippen molar-refractivity contribution in [1.29, 1.82) is 0 Å². The lowest BCUT2D eigenvalue weighted by Gasteiger charge is -2.09. The van der Waals surface area contributed by atoms with Crippen molar-refractivity contribution in [2.75, 3.05) is 0 Å². The number of hydrogen-bond acceptors (Lipinski definition) is 4. The Morgan fingerprint density at radius 2 is 1.44 bits per heavy atom. The number of pyridine rings is 1. The van der Waals surface area contributed by atoms with Gasteiger partial charge >= 0.3 is 12.4 Å². The molecule has 0 unspecified atom stereocenters. The number of aromatic nitrogens is 5. The van der Waals surface area contributed by atoms with Crippen LogP contribution in [0.5, 0.6) is 0 Å². The van der Waals surface area contributed by atoms with Crippen molar-refractivity contribution in [3.63, 3.8) is 0 Å². The molecule has 0 aliphatic carbocycles. The molecule has 3 aromatic heterocycles. The fourth-order valence-corrected chi connectivity index (χ4v) is 2.52. The summed E-state index contributed by atoms with van der Waals surface area (Å²) in [5, 5.41) is -0.131. The third-order valence-corrected chi connectivity index (χ3v) is 3.53. The zero-order valence-electron chi connectivity index (χ0n) is 11.5. The van der Waals surface area contributed by atoms with Gasteiger partial charge in [0.2, 0.25) is 5.82 Å². The number of imidazole rings is 1. The molecular weight excluding hydrogens is 399 g/mol. The number of hydrogen-bond donors (Lipinski definition) is 1. The number of fused-ring (bicyclic) bond motifs is 1. The van der Waals surface area contributed by atoms with E-state index in [0.29, 0.717) is 0 Å². The van der Waals surface area contributed by atoms with Crippen LogP contribution in [0.1, 0.15) is 11.5 Å². The van der Waals surface area contributed by atoms with Crippen LogP contribution in [0.3, 0.4) is 0 Å². The monoisotopic (exact) mass is 401 g/mol. The van der Waals surface area contributed by atoms with Gasteiger partial charge < -0.3 is 4.98 Å². The number of alkyl halides is 6. The Bertz CT molecular complexity index is 945. The van der Waals surface area contributed by atoms with E-state index in [1.807, 2.05) is 0 Å². The van der Waals surface area contributed by atoms with Gasteiger partial charge in [0.15, 0.2) is 11.3 Å². The Hall–Kier alpha value is -2.14. The first kappa shape index (κ1) is 17.7. The molecule has 25 heavy (non-hydrogen) atoms. The van der Waals surface area contributed by atoms with Crippen LogP contribution in [0.25, 0.3) is 22.6 Å². The zero-order valence-corrected chi connectivity index (χ0v) is 13.0. The molecule has 0 fully saturated rings. The van der Waals surface area contributed by atoms with Gasteiger partial charge in [0.05, 0.1) is 15.6 Å². The molecule has 13 heteroatoms. The molecule has 0 atom stereocenters. The average molecular weight is 402 g/mol. The Morgan fingerprint density at radius 1 is 0.840 bits per heavy atom. The molecule has 3 rings (SSSR count). The van der Waals surface area contributed by atoms with Crippen molar-refractivity contribution in [3.05, 3.63) is 34.0 Å². The van der Waals surface area contributed by atoms with Crippen molar-refractivity contribution in [1.82, 2.24) is 24.9 Å². The quantitative estimate of drug-likeness (QED) is 0.597. The van der Waals surface area contributed by atoms with E-state index in [1.54, 1.807) is 0 Å². The van der Waals surface area contributed by atoms with Crippen molar-refractivity contribution >= 4 is 34.4 Å². The molecule has 0 saturated heterocycles. The summed E-state index contributed by atoms with van der Waals surface area (Å²) in [5.41, 5.74) is -3.50. The summed E-state index contributed by atoms with van der Waals surface area (Å²) in [6.07, 6.45) is -8.06. The molecule has 0 aliphatic heterocycles. The third-order valence-electron chi connectivity index (χ3n) is 2.96. The average Bonchev–Trinajstić information content (AvgIpc) is 2.87. The van der Waals surface area contributed by atoms with Gasteiger partial charge in [-0.25, -0.2) is 15.0 Å². The Labute approximate surface area is 144 Å². The lowest BCUT2D eigenvalue weighted by molar-refractivity contribution is -0.151. The van der Waals surface area contributed by atoms with Gasteiger partial charge in [-0.3, -0.25) is 4.98 Å². The van der Waals surface area contributed by atoms with Crippen molar-refractivity contribution in [2.24, 2.45) is 0 Å². The summed E-state index contributed by atoms with van der Waals surface area (Å²) in [6.45, 7) is 0. The first-order valence-corrected chi connectivity index (χ1v) is 6.95. The van der Waals surface area contributed by atoms with Gasteiger partial charge in [0.25, 0.3) is 0 Å². The largest absolute Gasteiger partial charge is 0.451 e. The number of nitrogens with zero attached hydrogens (tertiary/aromatic N) is 4. The van der Waals surface area contributed by atoms with Crippen LogP contribution in [0, 0.1) is 0 Å². The molecule has 0 amide bonds. The second-order valence-electron chi connectivity index (χ2n) is 4.65. The van der Waals surface area contributed by atoms with Crippen LogP contribution in [-0.4, -0.2) is 24.9 Å². The maximum Gasteiger partial charge on any atom is 0.451 e. The minimum absolute atomic E-state index is 0.0296. The number of halogens is 8. The van der Waals surface area contributed by atoms with Gasteiger partial charge in [-0.15, -0.1) is 0 Å². The van der Waals surface area contributed by atoms with Crippen molar-refractivity contribution in [2.45, 2.75) is 12.4 Å². The van der Waals surface area contributed by atoms with Crippen LogP contribution >= 0.6 is 23.2 Å². The van der Waals surface area contributed by atoms with Crippen LogP contribution in [0.2, 0.25) is 10.0 Å². The van der Waals surface area contributed by atoms with Crippen LogP contribution in [-0.2, 0) is 12.4 Å². The molecular formula is C12H3Cl2F6N5. The van der Waals surface area contributed by atoms with E-state index in [1.165, 1.54) is 0 Å². The maximum absolute atomic E-state index is 13.1. The first-order valence-electron chi connectivity index (χ1n) is 6.20. The van der Waals surface area contributed by atoms with Gasteiger partial charge in [0, 0.05) is 12.4 Å². The highest BCUT2D eigenvalue weighted by Gasteiger charge is 2.42. The van der Waals surface area contributed by atoms with Crippen molar-refractivity contribution < 1.29 is 26.3 Å². The smallest absolute Gasteiger partial charge is 0.322 e. The third kappa shape index (κ3) is 3.21. The highest BCUT2D eigenvalue weighted by molar-refractivity contribution is 6.38. The van der Waals surface area contributed by atoms with Gasteiger partial charge in [-0.05, 0) is 0 Å². The van der Waals surface area contributed by atoms with E-state index >= 15 is 0 Å². The number of H-pyrrole nitrogens is 1. The fourth-order valence-electron chi connectivity index (χ4n) is 1.98. The molecule has 0 aromatic carbocycles. The van der Waals surface area contributed by atoms with E-state index in [9.17, 15) is 26.3 Å². The van der Waals surface area contributed by atoms with Gasteiger partial charge in [-0.1, -0.05) is 23.2 Å². The lowest BCUT2D eigenvalue weighted by atomic mass is 10.2. The van der Waals surface area contributed by atoms with E-state index in [4.69, 9.17) is 23.2 Å². The summed E-state index contributed by atoms with van der Waals surface area (Å²) in [4.78, 5) is 15.2. The number of aromatic amines is 1. The standard InChI is InChI=1S/C12H3Cl2F6N5/c13-3-1-21-2-4(14)5(3)8-22-6-7(11(15,16)17)23-10(12(18,19)20)25-9(6)24-8/h1-2H,(H,22,23,24,25). The molecule has 0 aliphatic rings. The molecule has 5 nitrogen and oxygen atoms in total.